The molecule has 2 aromatic rings. The summed E-state index contributed by atoms with van der Waals surface area (Å²) in [6.07, 6.45) is 0. The summed E-state index contributed by atoms with van der Waals surface area (Å²) in [5.74, 6) is 0.699. The highest BCUT2D eigenvalue weighted by Crippen LogP contribution is 2.24. The maximum absolute atomic E-state index is 11.8. The van der Waals surface area contributed by atoms with Crippen LogP contribution in [0.3, 0.4) is 0 Å². The third-order valence-corrected chi connectivity index (χ3v) is 4.23. The molecule has 0 saturated carbocycles. The van der Waals surface area contributed by atoms with Gasteiger partial charge in [-0.3, -0.25) is 10.2 Å². The molecule has 2 aromatic carbocycles. The van der Waals surface area contributed by atoms with Gasteiger partial charge in [-0.1, -0.05) is 30.0 Å². The summed E-state index contributed by atoms with van der Waals surface area (Å²) in [6.45, 7) is 3.52. The summed E-state index contributed by atoms with van der Waals surface area (Å²) in [5.41, 5.74) is 4.82. The van der Waals surface area contributed by atoms with Gasteiger partial charge < -0.3 is 4.74 Å². The Morgan fingerprint density at radius 3 is 2.41 bits per heavy atom. The predicted octanol–water partition coefficient (Wildman–Crippen LogP) is 4.11. The number of nitrogens with zero attached hydrogens (tertiary/aromatic N) is 1. The molecule has 0 fully saturated rings. The van der Waals surface area contributed by atoms with Crippen molar-refractivity contribution in [1.82, 2.24) is 0 Å². The van der Waals surface area contributed by atoms with Crippen molar-refractivity contribution in [3.8, 4) is 5.75 Å². The quantitative estimate of drug-likeness (QED) is 0.390. The Bertz CT molecular complexity index is 681. The second-order valence-corrected chi connectivity index (χ2v) is 5.71. The second kappa shape index (κ2) is 7.66. The number of thioether (sulfide) groups is 1. The number of ether oxygens (including phenoxy) is 1. The van der Waals surface area contributed by atoms with E-state index in [0.29, 0.717) is 5.04 Å². The fraction of sp³-hybridized carbons (Fsp3) is 0.176. The Hall–Kier alpha value is -2.27. The lowest BCUT2D eigenvalue weighted by atomic mass is 10.2. The van der Waals surface area contributed by atoms with Crippen LogP contribution in [0.1, 0.15) is 12.5 Å². The maximum atomic E-state index is 11.8. The number of aryl methyl sites for hydroxylation is 1. The lowest BCUT2D eigenvalue weighted by Crippen LogP contribution is -2.08. The van der Waals surface area contributed by atoms with Gasteiger partial charge in [0.25, 0.3) is 0 Å². The Morgan fingerprint density at radius 2 is 1.82 bits per heavy atom. The molecule has 0 amide bonds. The van der Waals surface area contributed by atoms with Crippen molar-refractivity contribution in [2.24, 2.45) is 5.10 Å². The van der Waals surface area contributed by atoms with Crippen molar-refractivity contribution >= 4 is 28.3 Å². The highest BCUT2D eigenvalue weighted by molar-refractivity contribution is 8.15. The molecule has 0 unspecified atom stereocenters. The van der Waals surface area contributed by atoms with Crippen LogP contribution < -0.4 is 10.2 Å². The van der Waals surface area contributed by atoms with Crippen molar-refractivity contribution in [1.29, 1.82) is 0 Å². The van der Waals surface area contributed by atoms with Crippen LogP contribution in [0.25, 0.3) is 0 Å². The van der Waals surface area contributed by atoms with E-state index in [1.807, 2.05) is 55.5 Å². The van der Waals surface area contributed by atoms with Crippen LogP contribution in [0.4, 0.5) is 5.69 Å². The van der Waals surface area contributed by atoms with Crippen LogP contribution in [0.15, 0.2) is 58.5 Å². The highest BCUT2D eigenvalue weighted by Gasteiger charge is 2.10. The summed E-state index contributed by atoms with van der Waals surface area (Å²) >= 11 is 1.36. The van der Waals surface area contributed by atoms with Crippen molar-refractivity contribution in [2.45, 2.75) is 18.7 Å². The summed E-state index contributed by atoms with van der Waals surface area (Å²) in [7, 11) is 1.62. The van der Waals surface area contributed by atoms with Crippen molar-refractivity contribution in [3.63, 3.8) is 0 Å². The van der Waals surface area contributed by atoms with Crippen molar-refractivity contribution < 1.29 is 9.53 Å². The first-order valence-corrected chi connectivity index (χ1v) is 7.64. The second-order valence-electron chi connectivity index (χ2n) is 4.68. The summed E-state index contributed by atoms with van der Waals surface area (Å²) in [6, 6.07) is 15.3. The van der Waals surface area contributed by atoms with Crippen molar-refractivity contribution in [2.75, 3.05) is 12.5 Å². The van der Waals surface area contributed by atoms with E-state index < -0.39 is 0 Å². The first-order valence-electron chi connectivity index (χ1n) is 6.82. The number of hydrogen-bond acceptors (Lipinski definition) is 5. The van der Waals surface area contributed by atoms with Gasteiger partial charge in [-0.15, -0.1) is 0 Å². The standard InChI is InChI=1S/C17H18N2O2S/c1-12-6-4-5-7-16(12)22-17(13(2)20)19-18-14-8-10-15(21-3)11-9-14/h4-11,18H,1-3H3. The van der Waals surface area contributed by atoms with Gasteiger partial charge in [-0.05, 0) is 42.8 Å². The highest BCUT2D eigenvalue weighted by atomic mass is 32.2. The van der Waals surface area contributed by atoms with E-state index in [9.17, 15) is 4.79 Å². The third kappa shape index (κ3) is 4.36. The Kier molecular flexibility index (Phi) is 5.61. The topological polar surface area (TPSA) is 50.7 Å². The van der Waals surface area contributed by atoms with E-state index in [0.717, 1.165) is 21.9 Å². The molecule has 0 aliphatic carbocycles. The monoisotopic (exact) mass is 314 g/mol. The number of rotatable bonds is 5. The average molecular weight is 314 g/mol. The van der Waals surface area contributed by atoms with Gasteiger partial charge in [0.05, 0.1) is 12.8 Å². The SMILES string of the molecule is COc1ccc(NN=C(Sc2ccccc2C)C(C)=O)cc1. The van der Waals surface area contributed by atoms with Gasteiger partial charge in [0.2, 0.25) is 0 Å². The van der Waals surface area contributed by atoms with Crippen LogP contribution in [-0.2, 0) is 4.79 Å². The van der Waals surface area contributed by atoms with Crippen LogP contribution in [0, 0.1) is 6.92 Å². The fourth-order valence-corrected chi connectivity index (χ4v) is 2.55. The zero-order valence-electron chi connectivity index (χ0n) is 12.8. The molecule has 1 N–H and O–H groups in total. The Labute approximate surface area is 134 Å². The molecule has 0 atom stereocenters. The van der Waals surface area contributed by atoms with Gasteiger partial charge in [0, 0.05) is 11.8 Å². The molecule has 114 valence electrons. The number of carbonyl (C=O) groups excluding carboxylic acids is 1. The minimum absolute atomic E-state index is 0.0748. The Morgan fingerprint density at radius 1 is 1.14 bits per heavy atom. The molecule has 0 aliphatic rings. The van der Waals surface area contributed by atoms with E-state index >= 15 is 0 Å². The van der Waals surface area contributed by atoms with E-state index in [1.165, 1.54) is 18.7 Å². The number of benzene rings is 2. The van der Waals surface area contributed by atoms with Crippen molar-refractivity contribution in [3.05, 3.63) is 54.1 Å². The van der Waals surface area contributed by atoms with Crippen LogP contribution >= 0.6 is 11.8 Å². The van der Waals surface area contributed by atoms with E-state index in [-0.39, 0.29) is 5.78 Å². The van der Waals surface area contributed by atoms with Crippen LogP contribution in [0.5, 0.6) is 5.75 Å². The molecule has 2 rings (SSSR count). The molecule has 0 spiro atoms. The summed E-state index contributed by atoms with van der Waals surface area (Å²) in [4.78, 5) is 12.8. The molecule has 0 heterocycles. The summed E-state index contributed by atoms with van der Waals surface area (Å²) in [5, 5.41) is 4.65. The molecular formula is C17H18N2O2S. The minimum Gasteiger partial charge on any atom is -0.497 e. The van der Waals surface area contributed by atoms with E-state index in [4.69, 9.17) is 4.74 Å². The first-order chi connectivity index (χ1) is 10.6. The molecule has 0 bridgehead atoms. The lowest BCUT2D eigenvalue weighted by Gasteiger charge is -2.07. The van der Waals surface area contributed by atoms with Gasteiger partial charge in [-0.2, -0.15) is 5.10 Å². The molecule has 0 saturated heterocycles. The van der Waals surface area contributed by atoms with Gasteiger partial charge in [0.15, 0.2) is 10.8 Å². The number of methoxy groups -OCH3 is 1. The third-order valence-electron chi connectivity index (χ3n) is 2.98. The van der Waals surface area contributed by atoms with Gasteiger partial charge in [-0.25, -0.2) is 0 Å². The molecular weight excluding hydrogens is 296 g/mol. The normalized spacial score (nSPS) is 11.1. The largest absolute Gasteiger partial charge is 0.497 e. The molecule has 22 heavy (non-hydrogen) atoms. The minimum atomic E-state index is -0.0748. The number of hydrazone groups is 1. The molecule has 4 nitrogen and oxygen atoms in total. The number of carbonyl (C=O) groups is 1. The number of ketones is 1. The zero-order valence-corrected chi connectivity index (χ0v) is 13.6. The lowest BCUT2D eigenvalue weighted by molar-refractivity contribution is -0.110. The first kappa shape index (κ1) is 16.1. The van der Waals surface area contributed by atoms with Gasteiger partial charge >= 0.3 is 0 Å². The average Bonchev–Trinajstić information content (AvgIpc) is 2.53. The summed E-state index contributed by atoms with van der Waals surface area (Å²) < 4.78 is 5.10. The maximum Gasteiger partial charge on any atom is 0.186 e. The number of anilines is 1. The van der Waals surface area contributed by atoms with Crippen LogP contribution in [-0.4, -0.2) is 17.9 Å². The van der Waals surface area contributed by atoms with E-state index in [2.05, 4.69) is 10.5 Å². The van der Waals surface area contributed by atoms with E-state index in [1.54, 1.807) is 7.11 Å². The zero-order chi connectivity index (χ0) is 15.9. The van der Waals surface area contributed by atoms with Gasteiger partial charge in [0.1, 0.15) is 5.75 Å². The number of Topliss-reactive ketones (excluding diaryl/α,β-unsaturated/α-hetero) is 1. The molecule has 0 radical (unpaired) electrons. The van der Waals surface area contributed by atoms with Crippen LogP contribution in [0.2, 0.25) is 0 Å². The molecule has 0 aliphatic heterocycles. The Balaban J connectivity index is 2.13. The smallest absolute Gasteiger partial charge is 0.186 e. The molecule has 5 heteroatoms. The molecule has 0 aromatic heterocycles. The fourth-order valence-electron chi connectivity index (χ4n) is 1.73. The predicted molar refractivity (Wildman–Crippen MR) is 91.8 cm³/mol. The number of nitrogens with one attached hydrogen (secondary N) is 1. The number of hydrogen-bond donors (Lipinski definition) is 1.